The molecule has 1 atom stereocenters. The van der Waals surface area contributed by atoms with Gasteiger partial charge in [-0.1, -0.05) is 31.0 Å². The number of aryl methyl sites for hydroxylation is 1. The fourth-order valence-electron chi connectivity index (χ4n) is 3.20. The lowest BCUT2D eigenvalue weighted by Crippen LogP contribution is -2.50. The minimum atomic E-state index is 0. The smallest absolute Gasteiger partial charge is 0.191 e. The maximum absolute atomic E-state index is 5.95. The molecule has 5 nitrogen and oxygen atoms in total. The summed E-state index contributed by atoms with van der Waals surface area (Å²) in [6.07, 6.45) is 5.02. The van der Waals surface area contributed by atoms with Crippen molar-refractivity contribution >= 4 is 29.9 Å². The number of hydrogen-bond donors (Lipinski definition) is 2. The van der Waals surface area contributed by atoms with Crippen molar-refractivity contribution in [3.8, 4) is 5.75 Å². The van der Waals surface area contributed by atoms with Crippen molar-refractivity contribution in [2.45, 2.75) is 58.6 Å². The number of rotatable bonds is 8. The van der Waals surface area contributed by atoms with Crippen LogP contribution in [0.2, 0.25) is 0 Å². The van der Waals surface area contributed by atoms with Gasteiger partial charge in [0.25, 0.3) is 0 Å². The number of aliphatic imine (C=N–C) groups is 1. The molecule has 1 unspecified atom stereocenters. The third-order valence-electron chi connectivity index (χ3n) is 4.90. The molecule has 0 aromatic heterocycles. The van der Waals surface area contributed by atoms with Crippen LogP contribution in [0.3, 0.4) is 0 Å². The predicted molar refractivity (Wildman–Crippen MR) is 126 cm³/mol. The lowest BCUT2D eigenvalue weighted by Gasteiger charge is -2.33. The topological polar surface area (TPSA) is 48.9 Å². The number of unbranched alkanes of at least 4 members (excludes halogenated alkanes) is 1. The number of halogens is 1. The Morgan fingerprint density at radius 1 is 1.26 bits per heavy atom. The van der Waals surface area contributed by atoms with Crippen molar-refractivity contribution in [2.75, 3.05) is 33.2 Å². The molecule has 2 rings (SSSR count). The monoisotopic (exact) mass is 488 g/mol. The molecule has 0 aliphatic carbocycles. The zero-order chi connectivity index (χ0) is 18.8. The Morgan fingerprint density at radius 2 is 1.93 bits per heavy atom. The van der Waals surface area contributed by atoms with Gasteiger partial charge in [0.05, 0.1) is 6.54 Å². The van der Waals surface area contributed by atoms with E-state index in [1.165, 1.54) is 50.9 Å². The molecule has 1 aliphatic rings. The van der Waals surface area contributed by atoms with Gasteiger partial charge in [-0.3, -0.25) is 4.99 Å². The minimum absolute atomic E-state index is 0. The normalized spacial score (nSPS) is 17.1. The summed E-state index contributed by atoms with van der Waals surface area (Å²) in [6.45, 7) is 10.7. The van der Waals surface area contributed by atoms with Crippen LogP contribution in [-0.4, -0.2) is 56.2 Å². The highest BCUT2D eigenvalue weighted by molar-refractivity contribution is 14.0. The number of hydrogen-bond acceptors (Lipinski definition) is 3. The Hall–Kier alpha value is -1.02. The van der Waals surface area contributed by atoms with E-state index in [2.05, 4.69) is 53.4 Å². The van der Waals surface area contributed by atoms with Crippen molar-refractivity contribution in [3.63, 3.8) is 0 Å². The summed E-state index contributed by atoms with van der Waals surface area (Å²) >= 11 is 0. The molecule has 1 aliphatic heterocycles. The summed E-state index contributed by atoms with van der Waals surface area (Å²) in [4.78, 5) is 6.95. The van der Waals surface area contributed by atoms with Crippen LogP contribution in [-0.2, 0) is 0 Å². The van der Waals surface area contributed by atoms with E-state index in [-0.39, 0.29) is 30.1 Å². The number of guanidine groups is 1. The highest BCUT2D eigenvalue weighted by Gasteiger charge is 2.19. The standard InChI is InChI=1S/C21H36N4O.HI/c1-5-6-13-25-14-11-19(12-15-25)24-21(22-4)23-16-18(3)26-20-9-7-17(2)8-10-20;/h7-10,18-19H,5-6,11-16H2,1-4H3,(H2,22,23,24);1H. The van der Waals surface area contributed by atoms with Gasteiger partial charge >= 0.3 is 0 Å². The molecule has 2 N–H and O–H groups in total. The highest BCUT2D eigenvalue weighted by Crippen LogP contribution is 2.13. The molecular weight excluding hydrogens is 451 g/mol. The molecule has 27 heavy (non-hydrogen) atoms. The van der Waals surface area contributed by atoms with Gasteiger partial charge in [0.15, 0.2) is 5.96 Å². The van der Waals surface area contributed by atoms with Crippen LogP contribution < -0.4 is 15.4 Å². The number of likely N-dealkylation sites (tertiary alicyclic amines) is 1. The number of benzene rings is 1. The summed E-state index contributed by atoms with van der Waals surface area (Å²) in [5.41, 5.74) is 1.24. The maximum Gasteiger partial charge on any atom is 0.191 e. The molecule has 1 aromatic rings. The Bertz CT molecular complexity index is 542. The van der Waals surface area contributed by atoms with Crippen LogP contribution in [0, 0.1) is 6.92 Å². The number of piperidine rings is 1. The van der Waals surface area contributed by atoms with Gasteiger partial charge < -0.3 is 20.3 Å². The molecule has 0 saturated carbocycles. The second-order valence-electron chi connectivity index (χ2n) is 7.31. The molecule has 1 aromatic carbocycles. The Morgan fingerprint density at radius 3 is 2.52 bits per heavy atom. The first-order chi connectivity index (χ1) is 12.6. The second-order valence-corrected chi connectivity index (χ2v) is 7.31. The lowest BCUT2D eigenvalue weighted by molar-refractivity contribution is 0.202. The van der Waals surface area contributed by atoms with E-state index in [1.54, 1.807) is 0 Å². The molecule has 1 fully saturated rings. The summed E-state index contributed by atoms with van der Waals surface area (Å²) in [7, 11) is 1.83. The first kappa shape index (κ1) is 24.0. The summed E-state index contributed by atoms with van der Waals surface area (Å²) in [5, 5.41) is 6.96. The van der Waals surface area contributed by atoms with E-state index in [1.807, 2.05) is 19.2 Å². The van der Waals surface area contributed by atoms with Gasteiger partial charge in [0.1, 0.15) is 11.9 Å². The molecule has 0 bridgehead atoms. The van der Waals surface area contributed by atoms with Crippen LogP contribution in [0.1, 0.15) is 45.1 Å². The first-order valence-electron chi connectivity index (χ1n) is 10.0. The number of ether oxygens (including phenoxy) is 1. The van der Waals surface area contributed by atoms with Crippen LogP contribution in [0.15, 0.2) is 29.3 Å². The average molecular weight is 488 g/mol. The molecule has 154 valence electrons. The SMILES string of the molecule is CCCCN1CCC(NC(=NC)NCC(C)Oc2ccc(C)cc2)CC1.I. The summed E-state index contributed by atoms with van der Waals surface area (Å²) in [5.74, 6) is 1.78. The van der Waals surface area contributed by atoms with E-state index in [9.17, 15) is 0 Å². The van der Waals surface area contributed by atoms with Crippen molar-refractivity contribution in [1.29, 1.82) is 0 Å². The van der Waals surface area contributed by atoms with Gasteiger partial charge in [0, 0.05) is 26.2 Å². The van der Waals surface area contributed by atoms with Gasteiger partial charge in [-0.2, -0.15) is 0 Å². The van der Waals surface area contributed by atoms with Gasteiger partial charge in [-0.05, 0) is 51.8 Å². The van der Waals surface area contributed by atoms with Crippen LogP contribution >= 0.6 is 24.0 Å². The third-order valence-corrected chi connectivity index (χ3v) is 4.90. The molecule has 0 amide bonds. The quantitative estimate of drug-likeness (QED) is 0.332. The van der Waals surface area contributed by atoms with Crippen molar-refractivity contribution in [2.24, 2.45) is 4.99 Å². The molecule has 6 heteroatoms. The number of nitrogens with zero attached hydrogens (tertiary/aromatic N) is 2. The Kier molecular flexibility index (Phi) is 11.7. The first-order valence-corrected chi connectivity index (χ1v) is 10.0. The molecule has 0 spiro atoms. The van der Waals surface area contributed by atoms with Crippen molar-refractivity contribution in [1.82, 2.24) is 15.5 Å². The van der Waals surface area contributed by atoms with Crippen LogP contribution in [0.5, 0.6) is 5.75 Å². The van der Waals surface area contributed by atoms with E-state index in [4.69, 9.17) is 4.74 Å². The lowest BCUT2D eigenvalue weighted by atomic mass is 10.0. The highest BCUT2D eigenvalue weighted by atomic mass is 127. The van der Waals surface area contributed by atoms with Crippen molar-refractivity contribution in [3.05, 3.63) is 29.8 Å². The summed E-state index contributed by atoms with van der Waals surface area (Å²) < 4.78 is 5.95. The zero-order valence-electron chi connectivity index (χ0n) is 17.3. The average Bonchev–Trinajstić information content (AvgIpc) is 2.66. The zero-order valence-corrected chi connectivity index (χ0v) is 19.7. The van der Waals surface area contributed by atoms with E-state index in [0.29, 0.717) is 6.04 Å². The molecule has 1 heterocycles. The molecule has 1 saturated heterocycles. The largest absolute Gasteiger partial charge is 0.489 e. The fraction of sp³-hybridized carbons (Fsp3) is 0.667. The molecular formula is C21H37IN4O. The van der Waals surface area contributed by atoms with E-state index in [0.717, 1.165) is 18.3 Å². The van der Waals surface area contributed by atoms with Gasteiger partial charge in [-0.15, -0.1) is 24.0 Å². The third kappa shape index (κ3) is 9.14. The minimum Gasteiger partial charge on any atom is -0.489 e. The van der Waals surface area contributed by atoms with Crippen LogP contribution in [0.25, 0.3) is 0 Å². The van der Waals surface area contributed by atoms with Crippen LogP contribution in [0.4, 0.5) is 0 Å². The fourth-order valence-corrected chi connectivity index (χ4v) is 3.20. The van der Waals surface area contributed by atoms with E-state index >= 15 is 0 Å². The Balaban J connectivity index is 0.00000364. The van der Waals surface area contributed by atoms with Gasteiger partial charge in [-0.25, -0.2) is 0 Å². The second kappa shape index (κ2) is 13.2. The Labute approximate surface area is 182 Å². The van der Waals surface area contributed by atoms with E-state index < -0.39 is 0 Å². The van der Waals surface area contributed by atoms with Crippen molar-refractivity contribution < 1.29 is 4.74 Å². The summed E-state index contributed by atoms with van der Waals surface area (Å²) in [6, 6.07) is 8.69. The molecule has 0 radical (unpaired) electrons. The maximum atomic E-state index is 5.95. The van der Waals surface area contributed by atoms with Gasteiger partial charge in [0.2, 0.25) is 0 Å². The predicted octanol–water partition coefficient (Wildman–Crippen LogP) is 3.81. The number of nitrogens with one attached hydrogen (secondary N) is 2.